The summed E-state index contributed by atoms with van der Waals surface area (Å²) in [7, 11) is 1.61. The third-order valence-electron chi connectivity index (χ3n) is 4.87. The van der Waals surface area contributed by atoms with Crippen LogP contribution in [0, 0.1) is 6.92 Å². The summed E-state index contributed by atoms with van der Waals surface area (Å²) in [6, 6.07) is 23.5. The SMILES string of the molecule is COc1ccc(C=NNC(=O)CSc2nnc(-c3ccc(C)cc3)n2-c2ccccc2)cc1Br. The number of hydrazone groups is 1. The van der Waals surface area contributed by atoms with Crippen molar-refractivity contribution in [1.82, 2.24) is 20.2 Å². The van der Waals surface area contributed by atoms with Crippen molar-refractivity contribution in [3.63, 3.8) is 0 Å². The van der Waals surface area contributed by atoms with Crippen LogP contribution in [0.4, 0.5) is 0 Å². The van der Waals surface area contributed by atoms with E-state index in [1.54, 1.807) is 13.3 Å². The van der Waals surface area contributed by atoms with Gasteiger partial charge >= 0.3 is 0 Å². The zero-order chi connectivity index (χ0) is 23.9. The molecule has 9 heteroatoms. The zero-order valence-electron chi connectivity index (χ0n) is 18.6. The molecule has 0 bridgehead atoms. The number of aryl methyl sites for hydroxylation is 1. The Morgan fingerprint density at radius 3 is 2.59 bits per heavy atom. The molecule has 7 nitrogen and oxygen atoms in total. The first-order chi connectivity index (χ1) is 16.5. The van der Waals surface area contributed by atoms with Gasteiger partial charge in [0.15, 0.2) is 11.0 Å². The number of nitrogens with zero attached hydrogens (tertiary/aromatic N) is 4. The topological polar surface area (TPSA) is 81.4 Å². The quantitative estimate of drug-likeness (QED) is 0.189. The summed E-state index contributed by atoms with van der Waals surface area (Å²) in [6.07, 6.45) is 1.58. The molecule has 172 valence electrons. The van der Waals surface area contributed by atoms with Crippen molar-refractivity contribution < 1.29 is 9.53 Å². The standard InChI is InChI=1S/C25H22BrN5O2S/c1-17-8-11-19(12-9-17)24-29-30-25(31(24)20-6-4-3-5-7-20)34-16-23(32)28-27-15-18-10-13-22(33-2)21(26)14-18/h3-15H,16H2,1-2H3,(H,28,32). The monoisotopic (exact) mass is 535 g/mol. The van der Waals surface area contributed by atoms with E-state index in [4.69, 9.17) is 4.74 Å². The van der Waals surface area contributed by atoms with Gasteiger partial charge in [0.05, 0.1) is 23.5 Å². The molecule has 0 atom stereocenters. The Labute approximate surface area is 210 Å². The van der Waals surface area contributed by atoms with Gasteiger partial charge in [-0.1, -0.05) is 59.8 Å². The minimum Gasteiger partial charge on any atom is -0.496 e. The van der Waals surface area contributed by atoms with Gasteiger partial charge in [-0.3, -0.25) is 9.36 Å². The van der Waals surface area contributed by atoms with Gasteiger partial charge in [-0.15, -0.1) is 10.2 Å². The first kappa shape index (κ1) is 23.7. The predicted octanol–water partition coefficient (Wildman–Crippen LogP) is 5.26. The van der Waals surface area contributed by atoms with E-state index in [0.29, 0.717) is 5.16 Å². The van der Waals surface area contributed by atoms with Crippen molar-refractivity contribution in [2.24, 2.45) is 5.10 Å². The number of hydrogen-bond acceptors (Lipinski definition) is 6. The van der Waals surface area contributed by atoms with E-state index in [2.05, 4.69) is 36.7 Å². The predicted molar refractivity (Wildman–Crippen MR) is 139 cm³/mol. The molecule has 1 N–H and O–H groups in total. The van der Waals surface area contributed by atoms with Crippen molar-refractivity contribution in [3.05, 3.63) is 88.4 Å². The third kappa shape index (κ3) is 5.73. The Morgan fingerprint density at radius 1 is 1.12 bits per heavy atom. The van der Waals surface area contributed by atoms with Gasteiger partial charge < -0.3 is 4.74 Å². The molecule has 1 amide bonds. The average Bonchev–Trinajstić information content (AvgIpc) is 3.28. The molecule has 0 fully saturated rings. The number of rotatable bonds is 8. The van der Waals surface area contributed by atoms with Crippen molar-refractivity contribution >= 4 is 39.8 Å². The lowest BCUT2D eigenvalue weighted by atomic mass is 10.1. The second-order valence-electron chi connectivity index (χ2n) is 7.32. The summed E-state index contributed by atoms with van der Waals surface area (Å²) < 4.78 is 7.99. The van der Waals surface area contributed by atoms with E-state index in [1.807, 2.05) is 84.3 Å². The molecule has 1 aromatic heterocycles. The van der Waals surface area contributed by atoms with E-state index < -0.39 is 0 Å². The van der Waals surface area contributed by atoms with Crippen LogP contribution in [0.2, 0.25) is 0 Å². The number of benzene rings is 3. The molecule has 0 aliphatic rings. The van der Waals surface area contributed by atoms with Gasteiger partial charge in [0.25, 0.3) is 5.91 Å². The van der Waals surface area contributed by atoms with Gasteiger partial charge in [0, 0.05) is 11.3 Å². The molecule has 4 aromatic rings. The summed E-state index contributed by atoms with van der Waals surface area (Å²) in [5.74, 6) is 1.35. The Bertz CT molecular complexity index is 1310. The number of thioether (sulfide) groups is 1. The Balaban J connectivity index is 1.47. The number of halogens is 1. The Kier molecular flexibility index (Phi) is 7.76. The van der Waals surface area contributed by atoms with Crippen LogP contribution < -0.4 is 10.2 Å². The average molecular weight is 536 g/mol. The Hall–Kier alpha value is -3.43. The fourth-order valence-electron chi connectivity index (χ4n) is 3.17. The van der Waals surface area contributed by atoms with Crippen molar-refractivity contribution in [2.75, 3.05) is 12.9 Å². The highest BCUT2D eigenvalue weighted by molar-refractivity contribution is 9.10. The summed E-state index contributed by atoms with van der Waals surface area (Å²) in [4.78, 5) is 12.4. The fraction of sp³-hybridized carbons (Fsp3) is 0.120. The van der Waals surface area contributed by atoms with E-state index in [9.17, 15) is 4.79 Å². The molecule has 0 aliphatic heterocycles. The molecular weight excluding hydrogens is 514 g/mol. The molecule has 0 unspecified atom stereocenters. The number of ether oxygens (including phenoxy) is 1. The number of methoxy groups -OCH3 is 1. The smallest absolute Gasteiger partial charge is 0.250 e. The summed E-state index contributed by atoms with van der Waals surface area (Å²) in [5.41, 5.74) is 6.43. The second-order valence-corrected chi connectivity index (χ2v) is 9.12. The van der Waals surface area contributed by atoms with Crippen LogP contribution in [-0.2, 0) is 4.79 Å². The summed E-state index contributed by atoms with van der Waals surface area (Å²) in [5, 5.41) is 13.4. The Morgan fingerprint density at radius 2 is 1.88 bits per heavy atom. The molecule has 0 saturated heterocycles. The molecule has 0 spiro atoms. The largest absolute Gasteiger partial charge is 0.496 e. The normalized spacial score (nSPS) is 11.0. The molecule has 0 aliphatic carbocycles. The van der Waals surface area contributed by atoms with Crippen molar-refractivity contribution in [2.45, 2.75) is 12.1 Å². The first-order valence-corrected chi connectivity index (χ1v) is 12.2. The van der Waals surface area contributed by atoms with Gasteiger partial charge in [-0.05, 0) is 58.7 Å². The molecule has 0 saturated carbocycles. The number of amides is 1. The number of para-hydroxylation sites is 1. The highest BCUT2D eigenvalue weighted by atomic mass is 79.9. The van der Waals surface area contributed by atoms with Crippen LogP contribution >= 0.6 is 27.7 Å². The molecular formula is C25H22BrN5O2S. The zero-order valence-corrected chi connectivity index (χ0v) is 21.0. The van der Waals surface area contributed by atoms with Crippen LogP contribution in [0.25, 0.3) is 17.1 Å². The van der Waals surface area contributed by atoms with Gasteiger partial charge in [0.1, 0.15) is 5.75 Å². The molecule has 4 rings (SSSR count). The lowest BCUT2D eigenvalue weighted by molar-refractivity contribution is -0.118. The minimum absolute atomic E-state index is 0.141. The number of carbonyl (C=O) groups excluding carboxylic acids is 1. The molecule has 3 aromatic carbocycles. The van der Waals surface area contributed by atoms with Gasteiger partial charge in [-0.2, -0.15) is 5.10 Å². The van der Waals surface area contributed by atoms with E-state index in [0.717, 1.165) is 32.9 Å². The van der Waals surface area contributed by atoms with Crippen LogP contribution in [-0.4, -0.2) is 39.7 Å². The minimum atomic E-state index is -0.242. The summed E-state index contributed by atoms with van der Waals surface area (Å²) >= 11 is 4.74. The van der Waals surface area contributed by atoms with E-state index in [1.165, 1.54) is 17.3 Å². The van der Waals surface area contributed by atoms with Crippen LogP contribution in [0.5, 0.6) is 5.75 Å². The van der Waals surface area contributed by atoms with E-state index >= 15 is 0 Å². The maximum Gasteiger partial charge on any atom is 0.250 e. The third-order valence-corrected chi connectivity index (χ3v) is 6.42. The fourth-order valence-corrected chi connectivity index (χ4v) is 4.47. The van der Waals surface area contributed by atoms with Crippen LogP contribution in [0.1, 0.15) is 11.1 Å². The lowest BCUT2D eigenvalue weighted by Crippen LogP contribution is -2.20. The molecule has 34 heavy (non-hydrogen) atoms. The van der Waals surface area contributed by atoms with Crippen molar-refractivity contribution in [1.29, 1.82) is 0 Å². The van der Waals surface area contributed by atoms with Gasteiger partial charge in [0.2, 0.25) is 0 Å². The van der Waals surface area contributed by atoms with Crippen molar-refractivity contribution in [3.8, 4) is 22.8 Å². The van der Waals surface area contributed by atoms with E-state index in [-0.39, 0.29) is 11.7 Å². The number of aromatic nitrogens is 3. The maximum atomic E-state index is 12.4. The maximum absolute atomic E-state index is 12.4. The number of hydrogen-bond donors (Lipinski definition) is 1. The molecule has 1 heterocycles. The molecule has 0 radical (unpaired) electrons. The number of carbonyl (C=O) groups is 1. The highest BCUT2D eigenvalue weighted by Crippen LogP contribution is 2.28. The van der Waals surface area contributed by atoms with Crippen LogP contribution in [0.3, 0.4) is 0 Å². The summed E-state index contributed by atoms with van der Waals surface area (Å²) in [6.45, 7) is 2.04. The second kappa shape index (κ2) is 11.1. The number of nitrogens with one attached hydrogen (secondary N) is 1. The van der Waals surface area contributed by atoms with Crippen LogP contribution in [0.15, 0.2) is 87.5 Å². The van der Waals surface area contributed by atoms with Gasteiger partial charge in [-0.25, -0.2) is 5.43 Å². The first-order valence-electron chi connectivity index (χ1n) is 10.4. The highest BCUT2D eigenvalue weighted by Gasteiger charge is 2.17. The lowest BCUT2D eigenvalue weighted by Gasteiger charge is -2.10.